The molecule has 0 bridgehead atoms. The van der Waals surface area contributed by atoms with Crippen LogP contribution in [0.25, 0.3) is 0 Å². The number of hydrogen-bond donors (Lipinski definition) is 2. The minimum absolute atomic E-state index is 0.109. The maximum Gasteiger partial charge on any atom is 0.184 e. The summed E-state index contributed by atoms with van der Waals surface area (Å²) in [5.41, 5.74) is 8.94. The second-order valence-corrected chi connectivity index (χ2v) is 3.85. The van der Waals surface area contributed by atoms with Gasteiger partial charge in [0.05, 0.1) is 0 Å². The summed E-state index contributed by atoms with van der Waals surface area (Å²) >= 11 is 4.63. The summed E-state index contributed by atoms with van der Waals surface area (Å²) < 4.78 is 0. The van der Waals surface area contributed by atoms with Crippen LogP contribution in [-0.4, -0.2) is 10.8 Å². The molecule has 0 aliphatic rings. The second kappa shape index (κ2) is 4.40. The normalized spacial score (nSPS) is 12.8. The van der Waals surface area contributed by atoms with Crippen LogP contribution < -0.4 is 11.2 Å². The molecule has 4 heteroatoms. The molecular formula is C8H17N3S. The lowest BCUT2D eigenvalue weighted by Crippen LogP contribution is -2.29. The van der Waals surface area contributed by atoms with Gasteiger partial charge in [0.2, 0.25) is 0 Å². The SMILES string of the molecule is CCC(C)(C)/C(C)=N\NC(N)=S. The third-order valence-electron chi connectivity index (χ3n) is 2.20. The van der Waals surface area contributed by atoms with Gasteiger partial charge in [-0.05, 0) is 25.6 Å². The Labute approximate surface area is 79.4 Å². The quantitative estimate of drug-likeness (QED) is 0.401. The van der Waals surface area contributed by atoms with Gasteiger partial charge >= 0.3 is 0 Å². The van der Waals surface area contributed by atoms with E-state index in [0.717, 1.165) is 12.1 Å². The number of hydrogen-bond acceptors (Lipinski definition) is 2. The van der Waals surface area contributed by atoms with Crippen molar-refractivity contribution in [3.63, 3.8) is 0 Å². The van der Waals surface area contributed by atoms with E-state index in [1.165, 1.54) is 0 Å². The van der Waals surface area contributed by atoms with Crippen molar-refractivity contribution in [2.45, 2.75) is 34.1 Å². The highest BCUT2D eigenvalue weighted by molar-refractivity contribution is 7.80. The zero-order valence-electron chi connectivity index (χ0n) is 8.14. The topological polar surface area (TPSA) is 50.4 Å². The van der Waals surface area contributed by atoms with Crippen LogP contribution in [0, 0.1) is 5.41 Å². The van der Waals surface area contributed by atoms with Gasteiger partial charge in [0.15, 0.2) is 5.11 Å². The molecular weight excluding hydrogens is 170 g/mol. The van der Waals surface area contributed by atoms with Crippen LogP contribution in [0.2, 0.25) is 0 Å². The van der Waals surface area contributed by atoms with Gasteiger partial charge in [0.1, 0.15) is 0 Å². The molecule has 12 heavy (non-hydrogen) atoms. The third-order valence-corrected chi connectivity index (χ3v) is 2.29. The molecule has 0 unspecified atom stereocenters. The number of rotatable bonds is 3. The van der Waals surface area contributed by atoms with Gasteiger partial charge in [-0.3, -0.25) is 5.43 Å². The fraction of sp³-hybridized carbons (Fsp3) is 0.750. The van der Waals surface area contributed by atoms with Gasteiger partial charge in [0, 0.05) is 11.1 Å². The van der Waals surface area contributed by atoms with Crippen molar-refractivity contribution in [2.75, 3.05) is 0 Å². The molecule has 0 aliphatic heterocycles. The zero-order chi connectivity index (χ0) is 9.78. The van der Waals surface area contributed by atoms with Gasteiger partial charge < -0.3 is 5.73 Å². The van der Waals surface area contributed by atoms with E-state index in [1.807, 2.05) is 6.92 Å². The molecule has 0 aromatic rings. The lowest BCUT2D eigenvalue weighted by molar-refractivity contribution is 0.497. The predicted molar refractivity (Wildman–Crippen MR) is 57.1 cm³/mol. The van der Waals surface area contributed by atoms with Crippen LogP contribution in [0.5, 0.6) is 0 Å². The average molecular weight is 187 g/mol. The molecule has 0 aromatic heterocycles. The summed E-state index contributed by atoms with van der Waals surface area (Å²) in [6.07, 6.45) is 1.04. The molecule has 0 saturated heterocycles. The highest BCUT2D eigenvalue weighted by Gasteiger charge is 2.18. The van der Waals surface area contributed by atoms with Crippen molar-refractivity contribution in [2.24, 2.45) is 16.3 Å². The van der Waals surface area contributed by atoms with E-state index in [2.05, 4.69) is 43.5 Å². The first kappa shape index (κ1) is 11.4. The maximum absolute atomic E-state index is 5.24. The first-order valence-electron chi connectivity index (χ1n) is 4.00. The molecule has 0 saturated carbocycles. The van der Waals surface area contributed by atoms with Gasteiger partial charge in [-0.2, -0.15) is 5.10 Å². The number of hydrazone groups is 1. The Morgan fingerprint density at radius 2 is 2.08 bits per heavy atom. The Bertz CT molecular complexity index is 196. The summed E-state index contributed by atoms with van der Waals surface area (Å²) in [5, 5.41) is 4.28. The molecule has 0 aromatic carbocycles. The number of nitrogens with one attached hydrogen (secondary N) is 1. The molecule has 0 spiro atoms. The summed E-state index contributed by atoms with van der Waals surface area (Å²) in [7, 11) is 0. The molecule has 70 valence electrons. The lowest BCUT2D eigenvalue weighted by Gasteiger charge is -2.21. The first-order valence-corrected chi connectivity index (χ1v) is 4.41. The molecule has 3 nitrogen and oxygen atoms in total. The van der Waals surface area contributed by atoms with Crippen molar-refractivity contribution < 1.29 is 0 Å². The Kier molecular flexibility index (Phi) is 4.17. The van der Waals surface area contributed by atoms with Crippen LogP contribution >= 0.6 is 12.2 Å². The van der Waals surface area contributed by atoms with Crippen molar-refractivity contribution >= 4 is 23.0 Å². The summed E-state index contributed by atoms with van der Waals surface area (Å²) in [5.74, 6) is 0. The van der Waals surface area contributed by atoms with Gasteiger partial charge in [-0.15, -0.1) is 0 Å². The summed E-state index contributed by atoms with van der Waals surface area (Å²) in [4.78, 5) is 0. The molecule has 0 atom stereocenters. The molecule has 0 heterocycles. The minimum atomic E-state index is 0.109. The monoisotopic (exact) mass is 187 g/mol. The highest BCUT2D eigenvalue weighted by Crippen LogP contribution is 2.21. The van der Waals surface area contributed by atoms with Crippen molar-refractivity contribution in [1.82, 2.24) is 5.43 Å². The van der Waals surface area contributed by atoms with E-state index in [4.69, 9.17) is 5.73 Å². The summed E-state index contributed by atoms with van der Waals surface area (Å²) in [6.45, 7) is 8.36. The van der Waals surface area contributed by atoms with Gasteiger partial charge in [0.25, 0.3) is 0 Å². The van der Waals surface area contributed by atoms with Crippen LogP contribution in [0.15, 0.2) is 5.10 Å². The molecule has 0 fully saturated rings. The Morgan fingerprint density at radius 3 is 2.42 bits per heavy atom. The molecule has 3 N–H and O–H groups in total. The van der Waals surface area contributed by atoms with Crippen molar-refractivity contribution in [3.8, 4) is 0 Å². The van der Waals surface area contributed by atoms with E-state index in [1.54, 1.807) is 0 Å². The van der Waals surface area contributed by atoms with E-state index >= 15 is 0 Å². The number of nitrogens with zero attached hydrogens (tertiary/aromatic N) is 1. The lowest BCUT2D eigenvalue weighted by atomic mass is 9.86. The molecule has 0 rings (SSSR count). The number of nitrogens with two attached hydrogens (primary N) is 1. The van der Waals surface area contributed by atoms with E-state index in [0.29, 0.717) is 0 Å². The minimum Gasteiger partial charge on any atom is -0.375 e. The van der Waals surface area contributed by atoms with Gasteiger partial charge in [-0.1, -0.05) is 20.8 Å². The van der Waals surface area contributed by atoms with E-state index < -0.39 is 0 Å². The fourth-order valence-electron chi connectivity index (χ4n) is 0.546. The summed E-state index contributed by atoms with van der Waals surface area (Å²) in [6, 6.07) is 0. The maximum atomic E-state index is 5.24. The van der Waals surface area contributed by atoms with E-state index in [-0.39, 0.29) is 10.5 Å². The largest absolute Gasteiger partial charge is 0.375 e. The highest BCUT2D eigenvalue weighted by atomic mass is 32.1. The first-order chi connectivity index (χ1) is 5.40. The zero-order valence-corrected chi connectivity index (χ0v) is 8.96. The second-order valence-electron chi connectivity index (χ2n) is 3.41. The fourth-order valence-corrected chi connectivity index (χ4v) is 0.592. The molecule has 0 amide bonds. The Balaban J connectivity index is 4.26. The van der Waals surface area contributed by atoms with Crippen molar-refractivity contribution in [3.05, 3.63) is 0 Å². The molecule has 0 aliphatic carbocycles. The standard InChI is InChI=1S/C8H17N3S/c1-5-8(3,4)6(2)10-11-7(9)12/h5H2,1-4H3,(H3,9,11,12)/b10-6-. The van der Waals surface area contributed by atoms with Gasteiger partial charge in [-0.25, -0.2) is 0 Å². The average Bonchev–Trinajstić information content (AvgIpc) is 2.00. The third kappa shape index (κ3) is 3.67. The van der Waals surface area contributed by atoms with Crippen LogP contribution in [0.1, 0.15) is 34.1 Å². The predicted octanol–water partition coefficient (Wildman–Crippen LogP) is 1.63. The van der Waals surface area contributed by atoms with E-state index in [9.17, 15) is 0 Å². The Morgan fingerprint density at radius 1 is 1.58 bits per heavy atom. The smallest absolute Gasteiger partial charge is 0.184 e. The van der Waals surface area contributed by atoms with Crippen LogP contribution in [0.3, 0.4) is 0 Å². The molecule has 0 radical (unpaired) electrons. The van der Waals surface area contributed by atoms with Crippen LogP contribution in [-0.2, 0) is 0 Å². The number of thiocarbonyl (C=S) groups is 1. The van der Waals surface area contributed by atoms with Crippen molar-refractivity contribution in [1.29, 1.82) is 0 Å². The van der Waals surface area contributed by atoms with Crippen LogP contribution in [0.4, 0.5) is 0 Å². The Hall–Kier alpha value is -0.640.